The maximum Gasteiger partial charge on any atom is 0.472 e. The molecule has 0 aromatic rings. The lowest BCUT2D eigenvalue weighted by atomic mass is 10.0. The Morgan fingerprint density at radius 2 is 0.500 bits per heavy atom. The zero-order chi connectivity index (χ0) is 67.9. The standard InChI is InChI=1S/C73H142O17P2/c1-7-9-11-13-15-17-19-21-26-32-38-44-50-56-71(76)84-61-68(89-72(77)57-51-45-39-33-27-23-22-24-29-35-41-47-53-65(3)4)63-87-91(79,80)85-59-67(74)60-86-92(81,82)88-64-69(90-73(78)58-52-46-40-34-28-30-36-42-48-54-66(5)6)62-83-70(75)55-49-43-37-31-25-20-18-16-14-12-10-8-2/h65-69,74H,7-64H2,1-6H3,(H,79,80)(H,81,82)/t67-,68-,69-/m1/s1. The molecule has 0 aliphatic heterocycles. The van der Waals surface area contributed by atoms with Gasteiger partial charge in [0.05, 0.1) is 26.4 Å². The quantitative estimate of drug-likeness (QED) is 0.0222. The Labute approximate surface area is 562 Å². The number of esters is 4. The Kier molecular flexibility index (Phi) is 63.7. The fourth-order valence-electron chi connectivity index (χ4n) is 11.1. The molecule has 0 bridgehead atoms. The first-order chi connectivity index (χ1) is 44.4. The minimum atomic E-state index is -4.95. The minimum Gasteiger partial charge on any atom is -0.462 e. The second kappa shape index (κ2) is 65.0. The molecule has 0 spiro atoms. The van der Waals surface area contributed by atoms with Crippen LogP contribution in [0.25, 0.3) is 0 Å². The van der Waals surface area contributed by atoms with Crippen LogP contribution in [0.15, 0.2) is 0 Å². The Morgan fingerprint density at radius 1 is 0.293 bits per heavy atom. The van der Waals surface area contributed by atoms with Crippen LogP contribution in [-0.4, -0.2) is 96.7 Å². The van der Waals surface area contributed by atoms with E-state index in [0.717, 1.165) is 102 Å². The minimum absolute atomic E-state index is 0.106. The third-order valence-corrected chi connectivity index (χ3v) is 18.9. The van der Waals surface area contributed by atoms with E-state index in [2.05, 4.69) is 41.5 Å². The van der Waals surface area contributed by atoms with Gasteiger partial charge in [0.2, 0.25) is 0 Å². The molecular weight excluding hydrogens is 1210 g/mol. The molecule has 19 heteroatoms. The summed E-state index contributed by atoms with van der Waals surface area (Å²) in [7, 11) is -9.91. The van der Waals surface area contributed by atoms with Crippen molar-refractivity contribution >= 4 is 39.5 Å². The van der Waals surface area contributed by atoms with Crippen LogP contribution < -0.4 is 0 Å². The highest BCUT2D eigenvalue weighted by molar-refractivity contribution is 7.47. The number of unbranched alkanes of at least 4 members (excludes halogenated alkanes) is 42. The third-order valence-electron chi connectivity index (χ3n) is 17.0. The van der Waals surface area contributed by atoms with Gasteiger partial charge in [0.1, 0.15) is 19.3 Å². The average molecular weight is 1350 g/mol. The molecule has 2 unspecified atom stereocenters. The van der Waals surface area contributed by atoms with E-state index in [9.17, 15) is 43.2 Å². The molecule has 0 saturated heterocycles. The number of aliphatic hydroxyl groups is 1. The molecule has 0 saturated carbocycles. The number of phosphoric acid groups is 2. The third kappa shape index (κ3) is 66.7. The molecule has 5 atom stereocenters. The van der Waals surface area contributed by atoms with Gasteiger partial charge < -0.3 is 33.8 Å². The van der Waals surface area contributed by atoms with E-state index in [-0.39, 0.29) is 25.7 Å². The van der Waals surface area contributed by atoms with Gasteiger partial charge in [-0.3, -0.25) is 37.3 Å². The number of carbonyl (C=O) groups is 4. The Balaban J connectivity index is 5.26. The highest BCUT2D eigenvalue weighted by Gasteiger charge is 2.30. The van der Waals surface area contributed by atoms with Crippen LogP contribution in [0.5, 0.6) is 0 Å². The van der Waals surface area contributed by atoms with E-state index in [0.29, 0.717) is 25.7 Å². The predicted molar refractivity (Wildman–Crippen MR) is 372 cm³/mol. The van der Waals surface area contributed by atoms with Gasteiger partial charge >= 0.3 is 39.5 Å². The SMILES string of the molecule is CCCCCCCCCCCCCCCC(=O)OC[C@H](COP(=O)(O)OC[C@@H](O)COP(=O)(O)OC[C@@H](COC(=O)CCCCCCCCCCCCCC)OC(=O)CCCCCCCCCCCC(C)C)OC(=O)CCCCCCCCCCCCCCC(C)C. The zero-order valence-electron chi connectivity index (χ0n) is 59.9. The topological polar surface area (TPSA) is 237 Å². The molecule has 0 fully saturated rings. The molecule has 0 aliphatic carbocycles. The molecule has 0 aromatic heterocycles. The van der Waals surface area contributed by atoms with Gasteiger partial charge in [-0.1, -0.05) is 324 Å². The second-order valence-corrected chi connectivity index (χ2v) is 30.2. The van der Waals surface area contributed by atoms with Crippen LogP contribution in [0.4, 0.5) is 0 Å². The highest BCUT2D eigenvalue weighted by Crippen LogP contribution is 2.45. The average Bonchev–Trinajstić information content (AvgIpc) is 3.36. The van der Waals surface area contributed by atoms with Crippen LogP contribution in [-0.2, 0) is 65.4 Å². The van der Waals surface area contributed by atoms with E-state index in [1.165, 1.54) is 193 Å². The summed E-state index contributed by atoms with van der Waals surface area (Å²) in [6, 6.07) is 0. The summed E-state index contributed by atoms with van der Waals surface area (Å²) in [5, 5.41) is 10.6. The monoisotopic (exact) mass is 1350 g/mol. The maximum absolute atomic E-state index is 13.1. The van der Waals surface area contributed by atoms with Crippen molar-refractivity contribution in [2.24, 2.45) is 11.8 Å². The smallest absolute Gasteiger partial charge is 0.462 e. The number of hydrogen-bond donors (Lipinski definition) is 3. The van der Waals surface area contributed by atoms with E-state index in [4.69, 9.17) is 37.0 Å². The summed E-state index contributed by atoms with van der Waals surface area (Å²) in [6.45, 7) is 9.56. The lowest BCUT2D eigenvalue weighted by Crippen LogP contribution is -2.30. The summed E-state index contributed by atoms with van der Waals surface area (Å²) >= 11 is 0. The van der Waals surface area contributed by atoms with Crippen molar-refractivity contribution in [2.45, 2.75) is 394 Å². The van der Waals surface area contributed by atoms with Gasteiger partial charge in [0.25, 0.3) is 0 Å². The molecule has 0 radical (unpaired) electrons. The summed E-state index contributed by atoms with van der Waals surface area (Å²) in [5.74, 6) is -0.605. The molecule has 0 heterocycles. The molecule has 0 amide bonds. The van der Waals surface area contributed by atoms with E-state index in [1.54, 1.807) is 0 Å². The van der Waals surface area contributed by atoms with Crippen molar-refractivity contribution in [2.75, 3.05) is 39.6 Å². The Morgan fingerprint density at radius 3 is 0.739 bits per heavy atom. The fraction of sp³-hybridized carbons (Fsp3) is 0.945. The second-order valence-electron chi connectivity index (χ2n) is 27.3. The predicted octanol–water partition coefficient (Wildman–Crippen LogP) is 21.2. The molecular formula is C73H142O17P2. The molecule has 0 aliphatic rings. The maximum atomic E-state index is 13.1. The normalized spacial score (nSPS) is 14.1. The summed E-state index contributed by atoms with van der Waals surface area (Å²) in [6.07, 6.45) is 51.2. The number of carbonyl (C=O) groups excluding carboxylic acids is 4. The first kappa shape index (κ1) is 90.1. The molecule has 0 aromatic carbocycles. The van der Waals surface area contributed by atoms with E-state index < -0.39 is 97.5 Å². The van der Waals surface area contributed by atoms with Gasteiger partial charge in [-0.25, -0.2) is 9.13 Å². The lowest BCUT2D eigenvalue weighted by Gasteiger charge is -2.21. The van der Waals surface area contributed by atoms with Crippen LogP contribution in [0.3, 0.4) is 0 Å². The van der Waals surface area contributed by atoms with E-state index >= 15 is 0 Å². The molecule has 3 N–H and O–H groups in total. The van der Waals surface area contributed by atoms with Gasteiger partial charge in [-0.15, -0.1) is 0 Å². The van der Waals surface area contributed by atoms with Gasteiger partial charge in [-0.2, -0.15) is 0 Å². The van der Waals surface area contributed by atoms with Crippen molar-refractivity contribution in [3.05, 3.63) is 0 Å². The van der Waals surface area contributed by atoms with E-state index in [1.807, 2.05) is 0 Å². The lowest BCUT2D eigenvalue weighted by molar-refractivity contribution is -0.161. The van der Waals surface area contributed by atoms with Crippen LogP contribution in [0.2, 0.25) is 0 Å². The number of aliphatic hydroxyl groups excluding tert-OH is 1. The van der Waals surface area contributed by atoms with Crippen molar-refractivity contribution < 1.29 is 80.2 Å². The molecule has 546 valence electrons. The largest absolute Gasteiger partial charge is 0.472 e. The van der Waals surface area contributed by atoms with Crippen molar-refractivity contribution in [1.29, 1.82) is 0 Å². The van der Waals surface area contributed by atoms with Crippen molar-refractivity contribution in [1.82, 2.24) is 0 Å². The van der Waals surface area contributed by atoms with Crippen LogP contribution in [0, 0.1) is 11.8 Å². The van der Waals surface area contributed by atoms with Gasteiger partial charge in [-0.05, 0) is 37.5 Å². The first-order valence-corrected chi connectivity index (χ1v) is 41.0. The molecule has 0 rings (SSSR count). The van der Waals surface area contributed by atoms with Crippen LogP contribution in [0.1, 0.15) is 375 Å². The number of rotatable bonds is 72. The van der Waals surface area contributed by atoms with Gasteiger partial charge in [0, 0.05) is 25.7 Å². The highest BCUT2D eigenvalue weighted by atomic mass is 31.2. The number of phosphoric ester groups is 2. The number of hydrogen-bond acceptors (Lipinski definition) is 15. The molecule has 92 heavy (non-hydrogen) atoms. The number of ether oxygens (including phenoxy) is 4. The summed E-state index contributed by atoms with van der Waals surface area (Å²) in [5.41, 5.74) is 0. The van der Waals surface area contributed by atoms with Crippen LogP contribution >= 0.6 is 15.6 Å². The summed E-state index contributed by atoms with van der Waals surface area (Å²) in [4.78, 5) is 72.7. The Hall–Kier alpha value is -1.94. The fourth-order valence-corrected chi connectivity index (χ4v) is 12.7. The van der Waals surface area contributed by atoms with Crippen molar-refractivity contribution in [3.8, 4) is 0 Å². The summed E-state index contributed by atoms with van der Waals surface area (Å²) < 4.78 is 68.4. The van der Waals surface area contributed by atoms with Crippen molar-refractivity contribution in [3.63, 3.8) is 0 Å². The molecule has 17 nitrogen and oxygen atoms in total. The first-order valence-electron chi connectivity index (χ1n) is 38.0. The Bertz CT molecular complexity index is 1790. The van der Waals surface area contributed by atoms with Gasteiger partial charge in [0.15, 0.2) is 12.2 Å². The zero-order valence-corrected chi connectivity index (χ0v) is 61.6.